The molecule has 16 nitrogen and oxygen atoms in total. The molecule has 0 bridgehead atoms. The first-order chi connectivity index (χ1) is 61.2. The van der Waals surface area contributed by atoms with Crippen LogP contribution < -0.4 is 0 Å². The van der Waals surface area contributed by atoms with Crippen molar-refractivity contribution in [3.63, 3.8) is 0 Å². The summed E-state index contributed by atoms with van der Waals surface area (Å²) < 4.78 is 61.6. The molecule has 0 aromatic rings. The monoisotopic (exact) mass is 1790 g/mol. The normalized spacial score (nSPS) is 14.3. The van der Waals surface area contributed by atoms with Gasteiger partial charge in [0.15, 0.2) is 6.10 Å². The van der Waals surface area contributed by atoms with Crippen LogP contribution in [-0.2, 0) is 55.8 Å². The van der Waals surface area contributed by atoms with E-state index >= 15 is 0 Å². The molecule has 0 spiro atoms. The number of hydrogen-bond donors (Lipinski definition) is 4. The van der Waals surface area contributed by atoms with Gasteiger partial charge in [-0.15, -0.1) is 0 Å². The molecule has 720 valence electrons. The van der Waals surface area contributed by atoms with Crippen molar-refractivity contribution in [2.75, 3.05) is 39.6 Å². The van der Waals surface area contributed by atoms with Gasteiger partial charge in [-0.25, -0.2) is 9.13 Å². The smallest absolute Gasteiger partial charge is 0.463 e. The number of allylic oxidation sites excluding steroid dienone is 26. The molecule has 0 radical (unpaired) electrons. The Morgan fingerprint density at radius 3 is 0.672 bits per heavy atom. The number of unbranched alkanes of at least 4 members (excludes halogenated alkanes) is 47. The minimum absolute atomic E-state index is 0.0822. The lowest BCUT2D eigenvalue weighted by Crippen LogP contribution is -2.30. The molecule has 0 saturated heterocycles. The summed E-state index contributed by atoms with van der Waals surface area (Å²) in [5.41, 5.74) is 0. The largest absolute Gasteiger partial charge is 0.472 e. The third-order valence-electron chi connectivity index (χ3n) is 21.7. The summed E-state index contributed by atoms with van der Waals surface area (Å²) in [6.07, 6.45) is 127. The number of carbonyl (C=O) groups excluding carboxylic acids is 3. The van der Waals surface area contributed by atoms with Gasteiger partial charge in [-0.2, -0.15) is 0 Å². The Kier molecular flexibility index (Phi) is 94.4. The second kappa shape index (κ2) is 98.2. The summed E-state index contributed by atoms with van der Waals surface area (Å²) in [7, 11) is -9.82. The van der Waals surface area contributed by atoms with Gasteiger partial charge in [0.25, 0.3) is 0 Å². The average molecular weight is 1790 g/mol. The van der Waals surface area contributed by atoms with Crippen LogP contribution in [0.15, 0.2) is 158 Å². The third kappa shape index (κ3) is 99.6. The summed E-state index contributed by atoms with van der Waals surface area (Å²) in [5, 5.41) is 20.8. The van der Waals surface area contributed by atoms with Crippen LogP contribution >= 0.6 is 15.6 Å². The van der Waals surface area contributed by atoms with E-state index in [-0.39, 0.29) is 19.3 Å². The zero-order valence-electron chi connectivity index (χ0n) is 79.7. The van der Waals surface area contributed by atoms with E-state index in [1.807, 2.05) is 0 Å². The Bertz CT molecular complexity index is 2900. The SMILES string of the molecule is CC/C=C\C/C=C\C/C=C\C/C=C\C/C=C\CCCCCCCCCCCCCCCCCCCC(=O)OCC(COP(=O)(O)OCC(O)COP(=O)(O)OCC(O)COC(=O)CCCCCCCCCCCCCCCCCCCCC/C=C\C/C=C\C/C=C\C/C=C\CCCCC)OC(=O)CCCCCCC/C=C\C/C=C\C/C=C\C/C=C\CCCCC. The van der Waals surface area contributed by atoms with Crippen LogP contribution in [0.1, 0.15) is 445 Å². The van der Waals surface area contributed by atoms with Crippen molar-refractivity contribution in [2.24, 2.45) is 0 Å². The van der Waals surface area contributed by atoms with E-state index in [0.29, 0.717) is 19.3 Å². The van der Waals surface area contributed by atoms with Crippen LogP contribution in [0.5, 0.6) is 0 Å². The summed E-state index contributed by atoms with van der Waals surface area (Å²) in [6.45, 7) is 2.56. The number of aliphatic hydroxyl groups excluding tert-OH is 2. The van der Waals surface area contributed by atoms with E-state index in [0.717, 1.165) is 148 Å². The number of aliphatic hydroxyl groups is 2. The fourth-order valence-corrected chi connectivity index (χ4v) is 15.6. The maximum absolute atomic E-state index is 13.1. The van der Waals surface area contributed by atoms with Crippen LogP contribution in [0.4, 0.5) is 0 Å². The molecule has 18 heteroatoms. The van der Waals surface area contributed by atoms with Crippen molar-refractivity contribution in [2.45, 2.75) is 463 Å². The highest BCUT2D eigenvalue weighted by molar-refractivity contribution is 7.47. The lowest BCUT2D eigenvalue weighted by Gasteiger charge is -2.21. The summed E-state index contributed by atoms with van der Waals surface area (Å²) >= 11 is 0. The molecular formula is C107H186O16P2. The second-order valence-electron chi connectivity index (χ2n) is 33.9. The highest BCUT2D eigenvalue weighted by Crippen LogP contribution is 2.45. The number of carbonyl (C=O) groups is 3. The molecule has 0 saturated carbocycles. The molecule has 0 rings (SSSR count). The Balaban J connectivity index is 4.52. The van der Waals surface area contributed by atoms with E-state index < -0.39 is 91.5 Å². The van der Waals surface area contributed by atoms with E-state index in [1.54, 1.807) is 0 Å². The molecule has 0 aliphatic carbocycles. The number of phosphoric ester groups is 2. The number of esters is 3. The molecule has 5 unspecified atom stereocenters. The van der Waals surface area contributed by atoms with Crippen molar-refractivity contribution in [3.05, 3.63) is 158 Å². The van der Waals surface area contributed by atoms with E-state index in [9.17, 15) is 43.5 Å². The van der Waals surface area contributed by atoms with E-state index in [1.165, 1.54) is 238 Å². The number of hydrogen-bond acceptors (Lipinski definition) is 14. The quantitative estimate of drug-likeness (QED) is 0.0146. The maximum atomic E-state index is 13.1. The number of rotatable bonds is 96. The Labute approximate surface area is 765 Å². The molecular weight excluding hydrogens is 1600 g/mol. The topological polar surface area (TPSA) is 231 Å². The van der Waals surface area contributed by atoms with Gasteiger partial charge in [0.2, 0.25) is 0 Å². The summed E-state index contributed by atoms with van der Waals surface area (Å²) in [4.78, 5) is 59.1. The number of ether oxygens (including phenoxy) is 3. The van der Waals surface area contributed by atoms with Gasteiger partial charge in [0, 0.05) is 19.3 Å². The molecule has 125 heavy (non-hydrogen) atoms. The average Bonchev–Trinajstić information content (AvgIpc) is 0.994. The lowest BCUT2D eigenvalue weighted by molar-refractivity contribution is -0.161. The minimum Gasteiger partial charge on any atom is -0.463 e. The van der Waals surface area contributed by atoms with Crippen molar-refractivity contribution < 1.29 is 75.8 Å². The molecule has 0 heterocycles. The standard InChI is InChI=1S/C107H186O16P2/c1-4-7-10-13-16-19-22-25-28-31-34-37-39-41-43-45-47-49-50-52-54-55-57-59-61-64-66-69-72-75-78-81-84-87-90-93-105(110)117-96-102(108)97-119-124(113,114)120-98-103(109)99-121-125(115,116)122-101-104(123-107(112)95-92-89-86-83-80-77-74-71-68-63-36-33-30-27-24-21-18-15-12-9-6-3)100-118-106(111)94-91-88-85-82-79-76-73-70-67-65-62-60-58-56-53-51-48-46-44-42-40-38-35-32-29-26-23-20-17-14-11-8-5-2/h8,11,16-21,25-30,34-38,41-44,63,71,74,102-104,108-109H,4-7,9-10,12-15,22-24,31-33,39-40,45-62,64-70,72-73,75-101H2,1-3H3,(H,113,114)(H,115,116)/b11-8-,19-16-,20-17-,21-18-,28-25-,29-26-,30-27-,37-34-,38-35-,43-41-,44-42-,63-36-,74-71-. The third-order valence-corrected chi connectivity index (χ3v) is 23.6. The summed E-state index contributed by atoms with van der Waals surface area (Å²) in [5.74, 6) is -1.58. The molecule has 5 atom stereocenters. The van der Waals surface area contributed by atoms with Gasteiger partial charge in [-0.05, 0) is 154 Å². The van der Waals surface area contributed by atoms with Gasteiger partial charge in [-0.1, -0.05) is 429 Å². The summed E-state index contributed by atoms with van der Waals surface area (Å²) in [6, 6.07) is 0. The molecule has 0 aliphatic heterocycles. The van der Waals surface area contributed by atoms with E-state index in [4.69, 9.17) is 32.3 Å². The first-order valence-corrected chi connectivity index (χ1v) is 53.8. The zero-order valence-corrected chi connectivity index (χ0v) is 81.5. The van der Waals surface area contributed by atoms with Crippen LogP contribution in [0.25, 0.3) is 0 Å². The van der Waals surface area contributed by atoms with Crippen LogP contribution in [0, 0.1) is 0 Å². The van der Waals surface area contributed by atoms with Gasteiger partial charge >= 0.3 is 33.6 Å². The van der Waals surface area contributed by atoms with Crippen molar-refractivity contribution in [3.8, 4) is 0 Å². The van der Waals surface area contributed by atoms with Crippen LogP contribution in [0.2, 0.25) is 0 Å². The van der Waals surface area contributed by atoms with Gasteiger partial charge in [0.05, 0.1) is 26.4 Å². The maximum Gasteiger partial charge on any atom is 0.472 e. The Morgan fingerprint density at radius 1 is 0.232 bits per heavy atom. The van der Waals surface area contributed by atoms with Crippen molar-refractivity contribution in [1.29, 1.82) is 0 Å². The van der Waals surface area contributed by atoms with Crippen LogP contribution in [0.3, 0.4) is 0 Å². The number of phosphoric acid groups is 2. The van der Waals surface area contributed by atoms with Crippen molar-refractivity contribution >= 4 is 33.6 Å². The molecule has 0 aromatic heterocycles. The zero-order chi connectivity index (χ0) is 90.7. The predicted molar refractivity (Wildman–Crippen MR) is 528 cm³/mol. The first-order valence-electron chi connectivity index (χ1n) is 50.8. The van der Waals surface area contributed by atoms with Gasteiger partial charge in [0.1, 0.15) is 25.4 Å². The molecule has 0 amide bonds. The van der Waals surface area contributed by atoms with E-state index in [2.05, 4.69) is 179 Å². The molecule has 4 N–H and O–H groups in total. The molecule has 0 fully saturated rings. The van der Waals surface area contributed by atoms with Gasteiger partial charge < -0.3 is 34.2 Å². The fraction of sp³-hybridized carbons (Fsp3) is 0.729. The second-order valence-corrected chi connectivity index (χ2v) is 36.8. The highest BCUT2D eigenvalue weighted by Gasteiger charge is 2.30. The Hall–Kier alpha value is -4.83. The van der Waals surface area contributed by atoms with Crippen molar-refractivity contribution in [1.82, 2.24) is 0 Å². The Morgan fingerprint density at radius 2 is 0.424 bits per heavy atom. The molecule has 0 aliphatic rings. The highest BCUT2D eigenvalue weighted by atomic mass is 31.2. The first kappa shape index (κ1) is 120. The van der Waals surface area contributed by atoms with Crippen LogP contribution in [-0.4, -0.2) is 95.9 Å². The van der Waals surface area contributed by atoms with Gasteiger partial charge in [-0.3, -0.25) is 32.5 Å². The fourth-order valence-electron chi connectivity index (χ4n) is 14.0. The lowest BCUT2D eigenvalue weighted by atomic mass is 10.0. The molecule has 0 aromatic carbocycles. The predicted octanol–water partition coefficient (Wildman–Crippen LogP) is 32.0. The minimum atomic E-state index is -4.95.